The Morgan fingerprint density at radius 1 is 1.19 bits per heavy atom. The number of urea groups is 1. The van der Waals surface area contributed by atoms with Gasteiger partial charge in [0.05, 0.1) is 0 Å². The summed E-state index contributed by atoms with van der Waals surface area (Å²) < 4.78 is 0. The van der Waals surface area contributed by atoms with Gasteiger partial charge in [0.15, 0.2) is 0 Å². The van der Waals surface area contributed by atoms with Crippen molar-refractivity contribution in [2.75, 3.05) is 25.1 Å². The highest BCUT2D eigenvalue weighted by Crippen LogP contribution is 2.59. The first kappa shape index (κ1) is 18.1. The molecule has 0 radical (unpaired) electrons. The molecule has 1 aliphatic heterocycles. The standard InChI is InChI=1S/C19H29N3O3S/c1-26-3-2-15-17(24)22(18(25)21-15)10-16(23)20-11-19-7-12-4-13(8-19)6-14(5-12)9-19/h12-15H,2-11H2,1H3,(H,20,23)(H,21,25). The highest BCUT2D eigenvalue weighted by Gasteiger charge is 2.50. The number of hydrogen-bond donors (Lipinski definition) is 2. The molecule has 1 saturated heterocycles. The van der Waals surface area contributed by atoms with Crippen LogP contribution in [0.25, 0.3) is 0 Å². The van der Waals surface area contributed by atoms with Gasteiger partial charge in [0.25, 0.3) is 5.91 Å². The van der Waals surface area contributed by atoms with E-state index in [-0.39, 0.29) is 23.8 Å². The third-order valence-corrected chi connectivity index (χ3v) is 7.49. The number of imide groups is 1. The topological polar surface area (TPSA) is 78.5 Å². The van der Waals surface area contributed by atoms with Gasteiger partial charge in [-0.05, 0) is 80.1 Å². The molecule has 0 spiro atoms. The minimum Gasteiger partial charge on any atom is -0.354 e. The third kappa shape index (κ3) is 3.47. The van der Waals surface area contributed by atoms with Gasteiger partial charge in [-0.15, -0.1) is 0 Å². The lowest BCUT2D eigenvalue weighted by Gasteiger charge is -2.56. The fourth-order valence-electron chi connectivity index (χ4n) is 6.15. The van der Waals surface area contributed by atoms with E-state index >= 15 is 0 Å². The van der Waals surface area contributed by atoms with Crippen molar-refractivity contribution in [2.45, 2.75) is 51.0 Å². The summed E-state index contributed by atoms with van der Waals surface area (Å²) >= 11 is 1.64. The number of carbonyl (C=O) groups is 3. The van der Waals surface area contributed by atoms with Crippen molar-refractivity contribution < 1.29 is 14.4 Å². The van der Waals surface area contributed by atoms with Crippen LogP contribution in [0.15, 0.2) is 0 Å². The minimum absolute atomic E-state index is 0.160. The zero-order valence-electron chi connectivity index (χ0n) is 15.5. The molecule has 4 saturated carbocycles. The molecule has 5 aliphatic rings. The highest BCUT2D eigenvalue weighted by atomic mass is 32.2. The first-order valence-electron chi connectivity index (χ1n) is 9.85. The lowest BCUT2D eigenvalue weighted by Crippen LogP contribution is -2.52. The number of carbonyl (C=O) groups excluding carboxylic acids is 3. The van der Waals surface area contributed by atoms with Crippen LogP contribution >= 0.6 is 11.8 Å². The van der Waals surface area contributed by atoms with E-state index in [4.69, 9.17) is 0 Å². The maximum Gasteiger partial charge on any atom is 0.325 e. The number of nitrogens with one attached hydrogen (secondary N) is 2. The molecule has 5 fully saturated rings. The van der Waals surface area contributed by atoms with Gasteiger partial charge in [-0.25, -0.2) is 4.79 Å². The second-order valence-electron chi connectivity index (χ2n) is 8.90. The smallest absolute Gasteiger partial charge is 0.325 e. The van der Waals surface area contributed by atoms with Gasteiger partial charge < -0.3 is 10.6 Å². The first-order chi connectivity index (χ1) is 12.5. The Bertz CT molecular complexity index is 574. The Balaban J connectivity index is 1.29. The van der Waals surface area contributed by atoms with E-state index in [0.717, 1.165) is 28.4 Å². The molecular formula is C19H29N3O3S. The summed E-state index contributed by atoms with van der Waals surface area (Å²) in [6, 6.07) is -0.919. The number of hydrogen-bond acceptors (Lipinski definition) is 4. The molecule has 4 bridgehead atoms. The fraction of sp³-hybridized carbons (Fsp3) is 0.842. The van der Waals surface area contributed by atoms with Crippen molar-refractivity contribution in [3.63, 3.8) is 0 Å². The molecule has 1 atom stereocenters. The van der Waals surface area contributed by atoms with Crippen molar-refractivity contribution >= 4 is 29.6 Å². The van der Waals surface area contributed by atoms with Crippen LogP contribution in [0.1, 0.15) is 44.9 Å². The van der Waals surface area contributed by atoms with Crippen LogP contribution in [0.4, 0.5) is 4.79 Å². The summed E-state index contributed by atoms with van der Waals surface area (Å²) in [6.45, 7) is 0.543. The Hall–Kier alpha value is -1.24. The summed E-state index contributed by atoms with van der Waals surface area (Å²) in [6.07, 6.45) is 10.4. The van der Waals surface area contributed by atoms with E-state index in [0.29, 0.717) is 13.0 Å². The van der Waals surface area contributed by atoms with Crippen molar-refractivity contribution in [3.05, 3.63) is 0 Å². The summed E-state index contributed by atoms with van der Waals surface area (Å²) in [7, 11) is 0. The number of amides is 4. The molecule has 0 aromatic heterocycles. The molecule has 0 aromatic rings. The molecule has 26 heavy (non-hydrogen) atoms. The molecular weight excluding hydrogens is 350 g/mol. The Labute approximate surface area is 159 Å². The zero-order chi connectivity index (χ0) is 18.3. The zero-order valence-corrected chi connectivity index (χ0v) is 16.3. The van der Waals surface area contributed by atoms with E-state index < -0.39 is 12.1 Å². The maximum atomic E-state index is 12.4. The van der Waals surface area contributed by atoms with Crippen molar-refractivity contribution in [3.8, 4) is 0 Å². The Morgan fingerprint density at radius 2 is 1.81 bits per heavy atom. The van der Waals surface area contributed by atoms with Crippen LogP contribution in [0, 0.1) is 23.2 Å². The van der Waals surface area contributed by atoms with E-state index in [1.165, 1.54) is 38.5 Å². The first-order valence-corrected chi connectivity index (χ1v) is 11.2. The fourth-order valence-corrected chi connectivity index (χ4v) is 6.62. The van der Waals surface area contributed by atoms with Crippen molar-refractivity contribution in [1.82, 2.24) is 15.5 Å². The Kier molecular flexibility index (Phi) is 4.92. The molecule has 144 valence electrons. The van der Waals surface area contributed by atoms with E-state index in [9.17, 15) is 14.4 Å². The van der Waals surface area contributed by atoms with Crippen LogP contribution in [0.2, 0.25) is 0 Å². The quantitative estimate of drug-likeness (QED) is 0.663. The Morgan fingerprint density at radius 3 is 2.38 bits per heavy atom. The van der Waals surface area contributed by atoms with Crippen LogP contribution in [-0.4, -0.2) is 53.9 Å². The van der Waals surface area contributed by atoms with Gasteiger partial charge in [0.2, 0.25) is 5.91 Å². The second-order valence-corrected chi connectivity index (χ2v) is 9.89. The predicted molar refractivity (Wildman–Crippen MR) is 101 cm³/mol. The second kappa shape index (κ2) is 7.06. The van der Waals surface area contributed by atoms with Gasteiger partial charge in [0, 0.05) is 6.54 Å². The average Bonchev–Trinajstić information content (AvgIpc) is 2.85. The lowest BCUT2D eigenvalue weighted by molar-refractivity contribution is -0.132. The number of nitrogens with zero attached hydrogens (tertiary/aromatic N) is 1. The summed E-state index contributed by atoms with van der Waals surface area (Å²) in [5.74, 6) is 2.87. The van der Waals surface area contributed by atoms with Gasteiger partial charge in [-0.2, -0.15) is 11.8 Å². The molecule has 4 aliphatic carbocycles. The van der Waals surface area contributed by atoms with Gasteiger partial charge in [-0.3, -0.25) is 14.5 Å². The van der Waals surface area contributed by atoms with Crippen molar-refractivity contribution in [2.24, 2.45) is 23.2 Å². The van der Waals surface area contributed by atoms with Crippen molar-refractivity contribution in [1.29, 1.82) is 0 Å². The van der Waals surface area contributed by atoms with Crippen LogP contribution < -0.4 is 10.6 Å². The molecule has 1 heterocycles. The monoisotopic (exact) mass is 379 g/mol. The highest BCUT2D eigenvalue weighted by molar-refractivity contribution is 7.98. The molecule has 2 N–H and O–H groups in total. The third-order valence-electron chi connectivity index (χ3n) is 6.84. The maximum absolute atomic E-state index is 12.4. The largest absolute Gasteiger partial charge is 0.354 e. The van der Waals surface area contributed by atoms with Gasteiger partial charge in [0.1, 0.15) is 12.6 Å². The number of thioether (sulfide) groups is 1. The van der Waals surface area contributed by atoms with Gasteiger partial charge >= 0.3 is 6.03 Å². The van der Waals surface area contributed by atoms with Crippen LogP contribution in [-0.2, 0) is 9.59 Å². The summed E-state index contributed by atoms with van der Waals surface area (Å²) in [5, 5.41) is 5.74. The molecule has 5 rings (SSSR count). The summed E-state index contributed by atoms with van der Waals surface area (Å²) in [5.41, 5.74) is 0.266. The summed E-state index contributed by atoms with van der Waals surface area (Å²) in [4.78, 5) is 37.8. The van der Waals surface area contributed by atoms with Gasteiger partial charge in [-0.1, -0.05) is 0 Å². The molecule has 6 nitrogen and oxygen atoms in total. The van der Waals surface area contributed by atoms with Crippen LogP contribution in [0.5, 0.6) is 0 Å². The van der Waals surface area contributed by atoms with E-state index in [1.807, 2.05) is 6.26 Å². The van der Waals surface area contributed by atoms with Crippen LogP contribution in [0.3, 0.4) is 0 Å². The molecule has 7 heteroatoms. The SMILES string of the molecule is CSCCC1NC(=O)N(CC(=O)NCC23CC4CC(CC(C4)C2)C3)C1=O. The average molecular weight is 380 g/mol. The minimum atomic E-state index is -0.481. The lowest BCUT2D eigenvalue weighted by atomic mass is 9.49. The molecule has 1 unspecified atom stereocenters. The van der Waals surface area contributed by atoms with E-state index in [2.05, 4.69) is 10.6 Å². The predicted octanol–water partition coefficient (Wildman–Crippen LogP) is 1.99. The normalized spacial score (nSPS) is 38.0. The molecule has 0 aromatic carbocycles. The number of rotatable bonds is 7. The molecule has 4 amide bonds. The van der Waals surface area contributed by atoms with E-state index in [1.54, 1.807) is 11.8 Å².